The molecule has 0 radical (unpaired) electrons. The number of nitrogens with two attached hydrogens (primary N) is 1. The molecule has 1 aromatic carbocycles. The first-order valence-corrected chi connectivity index (χ1v) is 5.83. The molecule has 2 rings (SSSR count). The van der Waals surface area contributed by atoms with Gasteiger partial charge in [0.05, 0.1) is 6.04 Å². The van der Waals surface area contributed by atoms with E-state index in [1.54, 1.807) is 0 Å². The van der Waals surface area contributed by atoms with Gasteiger partial charge in [-0.2, -0.15) is 4.98 Å². The van der Waals surface area contributed by atoms with Gasteiger partial charge in [-0.25, -0.2) is 0 Å². The maximum Gasteiger partial charge on any atom is 0.244 e. The lowest BCUT2D eigenvalue weighted by atomic mass is 10.1. The summed E-state index contributed by atoms with van der Waals surface area (Å²) in [6, 6.07) is 7.10. The molecule has 0 spiro atoms. The van der Waals surface area contributed by atoms with Gasteiger partial charge in [0.1, 0.15) is 0 Å². The van der Waals surface area contributed by atoms with Crippen molar-refractivity contribution in [1.82, 2.24) is 10.1 Å². The SMILES string of the molecule is C#CCC(N)c1nc(Cc2ccccc2Cl)no1. The van der Waals surface area contributed by atoms with Crippen LogP contribution in [0.15, 0.2) is 28.8 Å². The van der Waals surface area contributed by atoms with E-state index < -0.39 is 6.04 Å². The molecular weight excluding hydrogens is 250 g/mol. The number of nitrogens with zero attached hydrogens (tertiary/aromatic N) is 2. The van der Waals surface area contributed by atoms with Crippen LogP contribution in [0, 0.1) is 12.3 Å². The van der Waals surface area contributed by atoms with Gasteiger partial charge in [-0.15, -0.1) is 12.3 Å². The molecule has 0 aliphatic heterocycles. The average molecular weight is 262 g/mol. The Labute approximate surface area is 110 Å². The van der Waals surface area contributed by atoms with Crippen molar-refractivity contribution in [2.45, 2.75) is 18.9 Å². The molecular formula is C13H12ClN3O. The van der Waals surface area contributed by atoms with Gasteiger partial charge in [-0.3, -0.25) is 0 Å². The molecule has 0 aliphatic rings. The third kappa shape index (κ3) is 2.89. The van der Waals surface area contributed by atoms with Gasteiger partial charge in [0.15, 0.2) is 5.82 Å². The van der Waals surface area contributed by atoms with Crippen molar-refractivity contribution >= 4 is 11.6 Å². The summed E-state index contributed by atoms with van der Waals surface area (Å²) in [5.41, 5.74) is 6.72. The zero-order valence-corrected chi connectivity index (χ0v) is 10.4. The lowest BCUT2D eigenvalue weighted by Gasteiger charge is -2.00. The summed E-state index contributed by atoms with van der Waals surface area (Å²) in [7, 11) is 0. The molecule has 1 heterocycles. The summed E-state index contributed by atoms with van der Waals surface area (Å²) < 4.78 is 5.07. The summed E-state index contributed by atoms with van der Waals surface area (Å²) >= 11 is 6.06. The van der Waals surface area contributed by atoms with Crippen LogP contribution in [-0.4, -0.2) is 10.1 Å². The minimum atomic E-state index is -0.414. The first-order valence-electron chi connectivity index (χ1n) is 5.45. The van der Waals surface area contributed by atoms with Crippen LogP contribution in [0.1, 0.15) is 29.7 Å². The lowest BCUT2D eigenvalue weighted by molar-refractivity contribution is 0.353. The van der Waals surface area contributed by atoms with E-state index in [0.717, 1.165) is 5.56 Å². The smallest absolute Gasteiger partial charge is 0.244 e. The molecule has 0 amide bonds. The van der Waals surface area contributed by atoms with Gasteiger partial charge < -0.3 is 10.3 Å². The van der Waals surface area contributed by atoms with Gasteiger partial charge in [0, 0.05) is 17.9 Å². The molecule has 1 aromatic heterocycles. The van der Waals surface area contributed by atoms with Gasteiger partial charge in [-0.1, -0.05) is 35.0 Å². The predicted octanol–water partition coefficient (Wildman–Crippen LogP) is 2.34. The third-order valence-corrected chi connectivity index (χ3v) is 2.81. The maximum absolute atomic E-state index is 6.06. The van der Waals surface area contributed by atoms with Crippen LogP contribution < -0.4 is 5.73 Å². The molecule has 0 aliphatic carbocycles. The Kier molecular flexibility index (Phi) is 3.98. The van der Waals surface area contributed by atoms with E-state index in [1.807, 2.05) is 24.3 Å². The molecule has 0 fully saturated rings. The number of hydrogen-bond donors (Lipinski definition) is 1. The summed E-state index contributed by atoms with van der Waals surface area (Å²) in [6.45, 7) is 0. The van der Waals surface area contributed by atoms with E-state index in [1.165, 1.54) is 0 Å². The van der Waals surface area contributed by atoms with Crippen LogP contribution in [0.2, 0.25) is 5.02 Å². The Bertz CT molecular complexity index is 574. The van der Waals surface area contributed by atoms with Crippen molar-refractivity contribution in [2.24, 2.45) is 5.73 Å². The first-order chi connectivity index (χ1) is 8.70. The number of terminal acetylenes is 1. The van der Waals surface area contributed by atoms with Crippen LogP contribution in [-0.2, 0) is 6.42 Å². The first kappa shape index (κ1) is 12.6. The van der Waals surface area contributed by atoms with E-state index in [2.05, 4.69) is 16.1 Å². The van der Waals surface area contributed by atoms with Crippen molar-refractivity contribution in [3.63, 3.8) is 0 Å². The largest absolute Gasteiger partial charge is 0.338 e. The fourth-order valence-electron chi connectivity index (χ4n) is 1.52. The highest BCUT2D eigenvalue weighted by atomic mass is 35.5. The number of aromatic nitrogens is 2. The van der Waals surface area contributed by atoms with Gasteiger partial charge in [-0.05, 0) is 11.6 Å². The Morgan fingerprint density at radius 1 is 1.44 bits per heavy atom. The van der Waals surface area contributed by atoms with E-state index in [4.69, 9.17) is 28.3 Å². The molecule has 0 saturated carbocycles. The molecule has 2 N–H and O–H groups in total. The molecule has 1 atom stereocenters. The fourth-order valence-corrected chi connectivity index (χ4v) is 1.72. The van der Waals surface area contributed by atoms with Crippen LogP contribution in [0.4, 0.5) is 0 Å². The summed E-state index contributed by atoms with van der Waals surface area (Å²) in [6.07, 6.45) is 6.05. The summed E-state index contributed by atoms with van der Waals surface area (Å²) in [4.78, 5) is 4.21. The second-order valence-corrected chi connectivity index (χ2v) is 4.24. The predicted molar refractivity (Wildman–Crippen MR) is 68.9 cm³/mol. The van der Waals surface area contributed by atoms with E-state index >= 15 is 0 Å². The Morgan fingerprint density at radius 2 is 2.22 bits per heavy atom. The Morgan fingerprint density at radius 3 is 2.94 bits per heavy atom. The highest BCUT2D eigenvalue weighted by molar-refractivity contribution is 6.31. The molecule has 5 heteroatoms. The van der Waals surface area contributed by atoms with Crippen LogP contribution in [0.25, 0.3) is 0 Å². The van der Waals surface area contributed by atoms with Gasteiger partial charge in [0.2, 0.25) is 5.89 Å². The van der Waals surface area contributed by atoms with Crippen molar-refractivity contribution < 1.29 is 4.52 Å². The van der Waals surface area contributed by atoms with E-state index in [-0.39, 0.29) is 0 Å². The molecule has 4 nitrogen and oxygen atoms in total. The maximum atomic E-state index is 6.06. The fraction of sp³-hybridized carbons (Fsp3) is 0.231. The second kappa shape index (κ2) is 5.67. The van der Waals surface area contributed by atoms with Crippen LogP contribution >= 0.6 is 11.6 Å². The molecule has 18 heavy (non-hydrogen) atoms. The molecule has 0 bridgehead atoms. The highest BCUT2D eigenvalue weighted by Crippen LogP contribution is 2.18. The standard InChI is InChI=1S/C13H12ClN3O/c1-2-5-11(15)13-16-12(17-18-13)8-9-6-3-4-7-10(9)14/h1,3-4,6-7,11H,5,8,15H2. The van der Waals surface area contributed by atoms with Crippen molar-refractivity contribution in [3.8, 4) is 12.3 Å². The van der Waals surface area contributed by atoms with Crippen molar-refractivity contribution in [1.29, 1.82) is 0 Å². The van der Waals surface area contributed by atoms with Crippen LogP contribution in [0.5, 0.6) is 0 Å². The molecule has 92 valence electrons. The monoisotopic (exact) mass is 261 g/mol. The molecule has 1 unspecified atom stereocenters. The summed E-state index contributed by atoms with van der Waals surface area (Å²) in [5.74, 6) is 3.36. The number of benzene rings is 1. The summed E-state index contributed by atoms with van der Waals surface area (Å²) in [5, 5.41) is 4.54. The normalized spacial score (nSPS) is 12.1. The number of rotatable bonds is 4. The van der Waals surface area contributed by atoms with Crippen LogP contribution in [0.3, 0.4) is 0 Å². The minimum absolute atomic E-state index is 0.356. The third-order valence-electron chi connectivity index (χ3n) is 2.45. The lowest BCUT2D eigenvalue weighted by Crippen LogP contribution is -2.09. The van der Waals surface area contributed by atoms with E-state index in [9.17, 15) is 0 Å². The number of hydrogen-bond acceptors (Lipinski definition) is 4. The Balaban J connectivity index is 2.12. The van der Waals surface area contributed by atoms with Gasteiger partial charge >= 0.3 is 0 Å². The topological polar surface area (TPSA) is 64.9 Å². The molecule has 2 aromatic rings. The quantitative estimate of drug-likeness (QED) is 0.858. The second-order valence-electron chi connectivity index (χ2n) is 3.83. The molecule has 0 saturated heterocycles. The van der Waals surface area contributed by atoms with Crippen molar-refractivity contribution in [2.75, 3.05) is 0 Å². The number of halogens is 1. The van der Waals surface area contributed by atoms with E-state index in [0.29, 0.717) is 29.6 Å². The zero-order chi connectivity index (χ0) is 13.0. The van der Waals surface area contributed by atoms with Gasteiger partial charge in [0.25, 0.3) is 0 Å². The zero-order valence-electron chi connectivity index (χ0n) is 9.64. The van der Waals surface area contributed by atoms with Crippen molar-refractivity contribution in [3.05, 3.63) is 46.6 Å². The minimum Gasteiger partial charge on any atom is -0.338 e. The average Bonchev–Trinajstić information content (AvgIpc) is 2.81. The highest BCUT2D eigenvalue weighted by Gasteiger charge is 2.14. The Hall–Kier alpha value is -1.83.